The van der Waals surface area contributed by atoms with Gasteiger partial charge in [-0.15, -0.1) is 0 Å². The normalized spacial score (nSPS) is 13.6. The van der Waals surface area contributed by atoms with Crippen LogP contribution in [0.4, 0.5) is 0 Å². The summed E-state index contributed by atoms with van der Waals surface area (Å²) in [4.78, 5) is 0. The first-order valence-corrected chi connectivity index (χ1v) is 10.7. The predicted octanol–water partition coefficient (Wildman–Crippen LogP) is 0.922. The van der Waals surface area contributed by atoms with E-state index in [-0.39, 0.29) is 0 Å². The lowest BCUT2D eigenvalue weighted by Gasteiger charge is -2.07. The lowest BCUT2D eigenvalue weighted by atomic mass is 11.0. The molecule has 0 atom stereocenters. The smallest absolute Gasteiger partial charge is 0.0151 e. The van der Waals surface area contributed by atoms with Crippen molar-refractivity contribution in [3.8, 4) is 0 Å². The van der Waals surface area contributed by atoms with Gasteiger partial charge in [-0.2, -0.15) is 0 Å². The largest absolute Gasteiger partial charge is 0.0924 e. The second kappa shape index (κ2) is 3.55. The summed E-state index contributed by atoms with van der Waals surface area (Å²) in [5.74, 6) is 0.726. The zero-order valence-electron chi connectivity index (χ0n) is 4.60. The van der Waals surface area contributed by atoms with E-state index in [0.717, 1.165) is 5.75 Å². The molecule has 56 valence electrons. The first kappa shape index (κ1) is 10.9. The van der Waals surface area contributed by atoms with Gasteiger partial charge in [0.25, 0.3) is 0 Å². The Hall–Kier alpha value is 1.93. The van der Waals surface area contributed by atoms with Crippen LogP contribution in [-0.4, -0.2) is 5.75 Å². The molecule has 0 fully saturated rings. The van der Waals surface area contributed by atoms with Crippen molar-refractivity contribution in [1.29, 1.82) is 0 Å². The molecule has 0 N–H and O–H groups in total. The molecule has 0 unspecified atom stereocenters. The lowest BCUT2D eigenvalue weighted by molar-refractivity contribution is 1.54. The van der Waals surface area contributed by atoms with Crippen LogP contribution in [0.25, 0.3) is 0 Å². The summed E-state index contributed by atoms with van der Waals surface area (Å²) in [7, 11) is 0. The van der Waals surface area contributed by atoms with Crippen molar-refractivity contribution >= 4 is 67.8 Å². The topological polar surface area (TPSA) is 0 Å². The second-order valence-corrected chi connectivity index (χ2v) is 21.1. The third kappa shape index (κ3) is 3.22. The highest BCUT2D eigenvalue weighted by atomic mass is 33.9. The van der Waals surface area contributed by atoms with Gasteiger partial charge < -0.3 is 0 Å². The summed E-state index contributed by atoms with van der Waals surface area (Å²) in [5, 5.41) is -1.78. The van der Waals surface area contributed by atoms with E-state index in [2.05, 4.69) is 11.7 Å². The van der Waals surface area contributed by atoms with Crippen LogP contribution in [0, 0.1) is 0 Å². The van der Waals surface area contributed by atoms with Crippen LogP contribution in [0.3, 0.4) is 0 Å². The van der Waals surface area contributed by atoms with Crippen LogP contribution in [0.15, 0.2) is 0 Å². The highest BCUT2D eigenvalue weighted by Gasteiger charge is 2.04. The number of hydrogen-bond donors (Lipinski definition) is 1. The molecule has 0 rings (SSSR count). The number of rotatable bonds is 2. The van der Waals surface area contributed by atoms with Gasteiger partial charge in [0.15, 0.2) is 0 Å². The van der Waals surface area contributed by atoms with E-state index in [9.17, 15) is 0 Å². The maximum atomic E-state index is 5.03. The van der Waals surface area contributed by atoms with Crippen molar-refractivity contribution in [1.82, 2.24) is 0 Å². The van der Waals surface area contributed by atoms with Crippen LogP contribution >= 0.6 is 11.7 Å². The fourth-order valence-electron chi connectivity index (χ4n) is 0.149. The molecule has 0 nitrogen and oxygen atoms in total. The SMILES string of the molecule is CCS(=S)(=S)S(=S)(=S)S. The minimum atomic E-state index is -1.78. The summed E-state index contributed by atoms with van der Waals surface area (Å²) < 4.78 is 0. The number of hydrogen-bond acceptors (Lipinski definition) is 4. The fourth-order valence-corrected chi connectivity index (χ4v) is 4.02. The van der Waals surface area contributed by atoms with Crippen LogP contribution in [0.2, 0.25) is 0 Å². The Balaban J connectivity index is 5.07. The first-order valence-electron chi connectivity index (χ1n) is 2.01. The van der Waals surface area contributed by atoms with Crippen LogP contribution < -0.4 is 0 Å². The molecule has 0 aliphatic carbocycles. The van der Waals surface area contributed by atoms with E-state index in [1.165, 1.54) is 0 Å². The van der Waals surface area contributed by atoms with Gasteiger partial charge in [0.05, 0.1) is 0 Å². The molecule has 0 bridgehead atoms. The molecule has 0 aliphatic heterocycles. The Bertz CT molecular complexity index is 262. The van der Waals surface area contributed by atoms with Crippen LogP contribution in [-0.2, 0) is 56.1 Å². The van der Waals surface area contributed by atoms with E-state index >= 15 is 0 Å². The molecule has 0 heterocycles. The van der Waals surface area contributed by atoms with Gasteiger partial charge in [0.2, 0.25) is 0 Å². The van der Waals surface area contributed by atoms with Crippen molar-refractivity contribution < 1.29 is 0 Å². The Morgan fingerprint density at radius 1 is 1.22 bits per heavy atom. The monoisotopic (exact) mass is 254 g/mol. The molecule has 0 spiro atoms. The minimum Gasteiger partial charge on any atom is -0.0924 e. The molecule has 0 radical (unpaired) electrons. The molecule has 0 saturated carbocycles. The standard InChI is InChI=1S/C2H6S7/c1-2-8(3,4)9(5,6)7/h2H2,1H3,(H,5,6,7). The summed E-state index contributed by atoms with van der Waals surface area (Å²) in [6, 6.07) is 0. The van der Waals surface area contributed by atoms with Gasteiger partial charge in [-0.05, 0) is 50.9 Å². The average molecular weight is 255 g/mol. The molecule has 0 aliphatic rings. The molecule has 0 aromatic heterocycles. The van der Waals surface area contributed by atoms with E-state index in [1.54, 1.807) is 0 Å². The zero-order chi connectivity index (χ0) is 7.71. The van der Waals surface area contributed by atoms with Crippen molar-refractivity contribution in [3.63, 3.8) is 0 Å². The summed E-state index contributed by atoms with van der Waals surface area (Å²) in [6.45, 7) is 1.92. The maximum Gasteiger partial charge on any atom is 0.0151 e. The summed E-state index contributed by atoms with van der Waals surface area (Å²) >= 11 is 23.9. The average Bonchev–Trinajstić information content (AvgIpc) is 1.64. The van der Waals surface area contributed by atoms with Gasteiger partial charge in [0, 0.05) is 11.0 Å². The van der Waals surface area contributed by atoms with E-state index < -0.39 is 11.4 Å². The van der Waals surface area contributed by atoms with Crippen molar-refractivity contribution in [2.75, 3.05) is 5.75 Å². The third-order valence-electron chi connectivity index (χ3n) is 0.674. The Kier molecular flexibility index (Phi) is 4.31. The van der Waals surface area contributed by atoms with Crippen LogP contribution in [0.1, 0.15) is 6.92 Å². The molecule has 0 amide bonds. The maximum absolute atomic E-state index is 5.03. The molecule has 7 heteroatoms. The van der Waals surface area contributed by atoms with Gasteiger partial charge in [-0.3, -0.25) is 0 Å². The summed E-state index contributed by atoms with van der Waals surface area (Å²) in [6.07, 6.45) is -1.59. The molecule has 0 saturated heterocycles. The fraction of sp³-hybridized carbons (Fsp3) is 1.00. The van der Waals surface area contributed by atoms with Crippen LogP contribution in [0.5, 0.6) is 0 Å². The number of thiol groups is 1. The lowest BCUT2D eigenvalue weighted by Crippen LogP contribution is -2.05. The molecule has 0 aromatic carbocycles. The molecule has 9 heavy (non-hydrogen) atoms. The highest BCUT2D eigenvalue weighted by molar-refractivity contribution is 9.29. The quantitative estimate of drug-likeness (QED) is 0.575. The van der Waals surface area contributed by atoms with E-state index in [4.69, 9.17) is 44.8 Å². The minimum absolute atomic E-state index is 0.726. The molecular formula is C2H6S7. The van der Waals surface area contributed by atoms with Gasteiger partial charge in [0.1, 0.15) is 0 Å². The zero-order valence-corrected chi connectivity index (χ0v) is 10.4. The Morgan fingerprint density at radius 3 is 1.56 bits per heavy atom. The van der Waals surface area contributed by atoms with Gasteiger partial charge in [-0.25, -0.2) is 0 Å². The molecular weight excluding hydrogens is 248 g/mol. The third-order valence-corrected chi connectivity index (χ3v) is 21.1. The predicted molar refractivity (Wildman–Crippen MR) is 63.7 cm³/mol. The highest BCUT2D eigenvalue weighted by Crippen LogP contribution is 2.10. The Labute approximate surface area is 79.6 Å². The van der Waals surface area contributed by atoms with Crippen molar-refractivity contribution in [2.24, 2.45) is 0 Å². The van der Waals surface area contributed by atoms with Gasteiger partial charge >= 0.3 is 0 Å². The van der Waals surface area contributed by atoms with Gasteiger partial charge in [-0.1, -0.05) is 18.6 Å². The Morgan fingerprint density at radius 2 is 1.56 bits per heavy atom. The van der Waals surface area contributed by atoms with Crippen molar-refractivity contribution in [2.45, 2.75) is 6.92 Å². The molecule has 0 aromatic rings. The van der Waals surface area contributed by atoms with E-state index in [0.29, 0.717) is 0 Å². The first-order chi connectivity index (χ1) is 3.81. The van der Waals surface area contributed by atoms with E-state index in [1.807, 2.05) is 6.92 Å². The summed E-state index contributed by atoms with van der Waals surface area (Å²) in [5.41, 5.74) is 0. The van der Waals surface area contributed by atoms with Crippen molar-refractivity contribution in [3.05, 3.63) is 0 Å². The second-order valence-electron chi connectivity index (χ2n) is 1.27.